The van der Waals surface area contributed by atoms with E-state index in [1.807, 2.05) is 54.2 Å². The number of fused-ring (bicyclic) bond motifs is 1. The lowest BCUT2D eigenvalue weighted by molar-refractivity contribution is 0.0915. The second-order valence-electron chi connectivity index (χ2n) is 5.45. The third kappa shape index (κ3) is 3.30. The van der Waals surface area contributed by atoms with Crippen molar-refractivity contribution >= 4 is 32.7 Å². The summed E-state index contributed by atoms with van der Waals surface area (Å²) in [5.41, 5.74) is 2.45. The van der Waals surface area contributed by atoms with E-state index < -0.39 is 6.10 Å². The molecule has 3 rings (SSSR count). The molecule has 2 aromatic carbocycles. The lowest BCUT2D eigenvalue weighted by atomic mass is 10.1. The van der Waals surface area contributed by atoms with Crippen molar-refractivity contribution in [1.82, 2.24) is 9.88 Å². The number of carbonyl (C=O) groups is 1. The number of benzene rings is 2. The van der Waals surface area contributed by atoms with Crippen LogP contribution in [0.4, 0.5) is 0 Å². The van der Waals surface area contributed by atoms with Gasteiger partial charge in [0, 0.05) is 29.8 Å². The zero-order valence-corrected chi connectivity index (χ0v) is 14.2. The van der Waals surface area contributed by atoms with E-state index in [4.69, 9.17) is 0 Å². The number of hydrogen-bond acceptors (Lipinski definition) is 2. The van der Waals surface area contributed by atoms with Crippen molar-refractivity contribution in [3.05, 3.63) is 70.3 Å². The lowest BCUT2D eigenvalue weighted by Gasteiger charge is -2.13. The molecule has 4 nitrogen and oxygen atoms in total. The van der Waals surface area contributed by atoms with Crippen molar-refractivity contribution in [3.63, 3.8) is 0 Å². The van der Waals surface area contributed by atoms with Gasteiger partial charge in [-0.15, -0.1) is 0 Å². The van der Waals surface area contributed by atoms with Crippen molar-refractivity contribution in [1.29, 1.82) is 0 Å². The molecule has 3 aromatic rings. The molecule has 1 amide bonds. The lowest BCUT2D eigenvalue weighted by Crippen LogP contribution is -2.28. The van der Waals surface area contributed by atoms with E-state index in [9.17, 15) is 9.90 Å². The Morgan fingerprint density at radius 3 is 2.83 bits per heavy atom. The Hall–Kier alpha value is -2.11. The zero-order chi connectivity index (χ0) is 16.4. The van der Waals surface area contributed by atoms with Gasteiger partial charge in [-0.05, 0) is 57.2 Å². The summed E-state index contributed by atoms with van der Waals surface area (Å²) in [5.74, 6) is -0.211. The number of nitrogens with zero attached hydrogens (tertiary/aromatic N) is 1. The number of nitrogens with one attached hydrogen (secondary N) is 1. The molecule has 5 heteroatoms. The molecule has 0 spiro atoms. The summed E-state index contributed by atoms with van der Waals surface area (Å²) in [6, 6.07) is 15.0. The highest BCUT2D eigenvalue weighted by atomic mass is 79.9. The fourth-order valence-electron chi connectivity index (χ4n) is 2.56. The number of hydrogen-bond donors (Lipinski definition) is 2. The number of carbonyl (C=O) groups excluding carboxylic acids is 1. The molecule has 0 bridgehead atoms. The van der Waals surface area contributed by atoms with Crippen molar-refractivity contribution < 1.29 is 9.90 Å². The molecular formula is C18H17BrN2O2. The highest BCUT2D eigenvalue weighted by molar-refractivity contribution is 9.10. The van der Waals surface area contributed by atoms with Crippen LogP contribution in [0.1, 0.15) is 22.0 Å². The van der Waals surface area contributed by atoms with E-state index in [1.165, 1.54) is 0 Å². The van der Waals surface area contributed by atoms with Crippen LogP contribution in [-0.4, -0.2) is 22.1 Å². The molecule has 1 unspecified atom stereocenters. The summed E-state index contributed by atoms with van der Waals surface area (Å²) in [5, 5.41) is 14.2. The van der Waals surface area contributed by atoms with Crippen molar-refractivity contribution in [2.45, 2.75) is 6.10 Å². The van der Waals surface area contributed by atoms with E-state index in [1.54, 1.807) is 12.1 Å². The number of aliphatic hydroxyl groups excluding tert-OH is 1. The maximum Gasteiger partial charge on any atom is 0.252 e. The quantitative estimate of drug-likeness (QED) is 0.737. The molecule has 0 fully saturated rings. The molecular weight excluding hydrogens is 356 g/mol. The van der Waals surface area contributed by atoms with Crippen LogP contribution in [-0.2, 0) is 7.05 Å². The molecule has 1 heterocycles. The summed E-state index contributed by atoms with van der Waals surface area (Å²) < 4.78 is 2.76. The monoisotopic (exact) mass is 372 g/mol. The second kappa shape index (κ2) is 6.56. The number of aryl methyl sites for hydroxylation is 1. The van der Waals surface area contributed by atoms with E-state index >= 15 is 0 Å². The largest absolute Gasteiger partial charge is 0.387 e. The van der Waals surface area contributed by atoms with Crippen LogP contribution in [0.5, 0.6) is 0 Å². The molecule has 0 aliphatic carbocycles. The van der Waals surface area contributed by atoms with Crippen LogP contribution in [0.2, 0.25) is 0 Å². The van der Waals surface area contributed by atoms with Crippen molar-refractivity contribution in [2.75, 3.05) is 6.54 Å². The normalized spacial score (nSPS) is 12.3. The van der Waals surface area contributed by atoms with Gasteiger partial charge in [-0.3, -0.25) is 4.79 Å². The zero-order valence-electron chi connectivity index (χ0n) is 12.7. The summed E-state index contributed by atoms with van der Waals surface area (Å²) >= 11 is 3.35. The minimum Gasteiger partial charge on any atom is -0.387 e. The Morgan fingerprint density at radius 1 is 1.26 bits per heavy atom. The van der Waals surface area contributed by atoms with Gasteiger partial charge in [0.15, 0.2) is 0 Å². The summed E-state index contributed by atoms with van der Waals surface area (Å²) in [6.07, 6.45) is 1.24. The van der Waals surface area contributed by atoms with Gasteiger partial charge in [-0.2, -0.15) is 0 Å². The van der Waals surface area contributed by atoms with Crippen molar-refractivity contribution in [2.24, 2.45) is 7.05 Å². The first-order chi connectivity index (χ1) is 11.1. The van der Waals surface area contributed by atoms with Crippen LogP contribution < -0.4 is 5.32 Å². The summed E-state index contributed by atoms with van der Waals surface area (Å²) in [7, 11) is 1.98. The molecule has 0 saturated heterocycles. The van der Waals surface area contributed by atoms with Crippen LogP contribution in [0, 0.1) is 0 Å². The SMILES string of the molecule is Cn1ccc2cc(C(O)CNC(=O)c3ccccc3Br)ccc21. The Balaban J connectivity index is 1.69. The van der Waals surface area contributed by atoms with Gasteiger partial charge in [0.05, 0.1) is 11.7 Å². The molecule has 0 aliphatic heterocycles. The molecule has 0 aliphatic rings. The first-order valence-electron chi connectivity index (χ1n) is 7.32. The van der Waals surface area contributed by atoms with Gasteiger partial charge in [-0.25, -0.2) is 0 Å². The first-order valence-corrected chi connectivity index (χ1v) is 8.11. The Morgan fingerprint density at radius 2 is 2.04 bits per heavy atom. The third-order valence-electron chi connectivity index (χ3n) is 3.87. The number of aromatic nitrogens is 1. The molecule has 0 radical (unpaired) electrons. The maximum atomic E-state index is 12.2. The van der Waals surface area contributed by atoms with Gasteiger partial charge in [0.1, 0.15) is 0 Å². The smallest absolute Gasteiger partial charge is 0.252 e. The maximum absolute atomic E-state index is 12.2. The Labute approximate surface area is 142 Å². The van der Waals surface area contributed by atoms with Crippen LogP contribution in [0.3, 0.4) is 0 Å². The van der Waals surface area contributed by atoms with Crippen LogP contribution in [0.15, 0.2) is 59.2 Å². The predicted molar refractivity (Wildman–Crippen MR) is 94.4 cm³/mol. The first kappa shape index (κ1) is 15.8. The van der Waals surface area contributed by atoms with Crippen LogP contribution >= 0.6 is 15.9 Å². The molecule has 118 valence electrons. The van der Waals surface area contributed by atoms with Crippen LogP contribution in [0.25, 0.3) is 10.9 Å². The second-order valence-corrected chi connectivity index (χ2v) is 6.30. The number of aliphatic hydroxyl groups is 1. The minimum atomic E-state index is -0.744. The summed E-state index contributed by atoms with van der Waals surface area (Å²) in [4.78, 5) is 12.2. The number of amides is 1. The number of rotatable bonds is 4. The van der Waals surface area contributed by atoms with E-state index in [0.29, 0.717) is 5.56 Å². The Kier molecular flexibility index (Phi) is 4.50. The highest BCUT2D eigenvalue weighted by Gasteiger charge is 2.13. The van der Waals surface area contributed by atoms with E-state index in [-0.39, 0.29) is 12.5 Å². The van der Waals surface area contributed by atoms with Gasteiger partial charge < -0.3 is 15.0 Å². The Bertz CT molecular complexity index is 857. The minimum absolute atomic E-state index is 0.165. The molecule has 1 aromatic heterocycles. The fraction of sp³-hybridized carbons (Fsp3) is 0.167. The standard InChI is InChI=1S/C18H17BrN2O2/c1-21-9-8-12-10-13(6-7-16(12)21)17(22)11-20-18(23)14-4-2-3-5-15(14)19/h2-10,17,22H,11H2,1H3,(H,20,23). The summed E-state index contributed by atoms with van der Waals surface area (Å²) in [6.45, 7) is 0.165. The fourth-order valence-corrected chi connectivity index (χ4v) is 3.02. The van der Waals surface area contributed by atoms with E-state index in [2.05, 4.69) is 21.2 Å². The highest BCUT2D eigenvalue weighted by Crippen LogP contribution is 2.21. The topological polar surface area (TPSA) is 54.3 Å². The van der Waals surface area contributed by atoms with Gasteiger partial charge >= 0.3 is 0 Å². The van der Waals surface area contributed by atoms with Gasteiger partial charge in [0.25, 0.3) is 5.91 Å². The third-order valence-corrected chi connectivity index (χ3v) is 4.56. The molecule has 2 N–H and O–H groups in total. The van der Waals surface area contributed by atoms with Crippen molar-refractivity contribution in [3.8, 4) is 0 Å². The average Bonchev–Trinajstić information content (AvgIpc) is 2.93. The molecule has 0 saturated carbocycles. The predicted octanol–water partition coefficient (Wildman–Crippen LogP) is 3.40. The van der Waals surface area contributed by atoms with Gasteiger partial charge in [-0.1, -0.05) is 18.2 Å². The van der Waals surface area contributed by atoms with E-state index in [0.717, 1.165) is 20.9 Å². The van der Waals surface area contributed by atoms with Gasteiger partial charge in [0.2, 0.25) is 0 Å². The molecule has 23 heavy (non-hydrogen) atoms. The number of halogens is 1. The molecule has 1 atom stereocenters. The average molecular weight is 373 g/mol.